The summed E-state index contributed by atoms with van der Waals surface area (Å²) >= 11 is 0. The van der Waals surface area contributed by atoms with Crippen LogP contribution in [0.4, 0.5) is 16.2 Å². The number of aromatic nitrogens is 1. The van der Waals surface area contributed by atoms with Crippen molar-refractivity contribution in [1.82, 2.24) is 14.8 Å². The summed E-state index contributed by atoms with van der Waals surface area (Å²) in [4.78, 5) is 23.4. The fourth-order valence-corrected chi connectivity index (χ4v) is 4.08. The maximum atomic E-state index is 12.6. The molecule has 0 atom stereocenters. The molecule has 1 N–H and O–H groups in total. The first kappa shape index (κ1) is 19.7. The molecular formula is C23H31N5O. The lowest BCUT2D eigenvalue weighted by atomic mass is 9.99. The number of pyridine rings is 1. The summed E-state index contributed by atoms with van der Waals surface area (Å²) in [6.45, 7) is 8.77. The first-order valence-corrected chi connectivity index (χ1v) is 10.7. The minimum atomic E-state index is -0.00638. The maximum Gasteiger partial charge on any atom is 0.321 e. The van der Waals surface area contributed by atoms with Crippen molar-refractivity contribution in [2.75, 3.05) is 49.5 Å². The fourth-order valence-electron chi connectivity index (χ4n) is 4.08. The number of benzene rings is 1. The molecule has 0 aliphatic carbocycles. The first-order chi connectivity index (χ1) is 14.2. The van der Waals surface area contributed by atoms with Crippen LogP contribution in [-0.2, 0) is 6.54 Å². The summed E-state index contributed by atoms with van der Waals surface area (Å²) in [7, 11) is 0. The summed E-state index contributed by atoms with van der Waals surface area (Å²) in [5.74, 6) is 0.829. The monoisotopic (exact) mass is 393 g/mol. The van der Waals surface area contributed by atoms with Gasteiger partial charge in [0.2, 0.25) is 0 Å². The predicted octanol–water partition coefficient (Wildman–Crippen LogP) is 3.67. The summed E-state index contributed by atoms with van der Waals surface area (Å²) in [6.07, 6.45) is 6.17. The molecule has 2 aromatic rings. The van der Waals surface area contributed by atoms with Crippen LogP contribution in [-0.4, -0.2) is 60.1 Å². The number of hydrogen-bond acceptors (Lipinski definition) is 4. The second-order valence-electron chi connectivity index (χ2n) is 8.27. The largest absolute Gasteiger partial charge is 0.372 e. The molecule has 29 heavy (non-hydrogen) atoms. The molecule has 6 heteroatoms. The molecule has 0 bridgehead atoms. The molecule has 0 spiro atoms. The molecule has 0 radical (unpaired) electrons. The highest BCUT2D eigenvalue weighted by molar-refractivity contribution is 5.89. The Kier molecular flexibility index (Phi) is 6.30. The van der Waals surface area contributed by atoms with E-state index >= 15 is 0 Å². The SMILES string of the molecule is CC1CCN(c2ccc(NC(=O)N3CCN(Cc4ccncc4)CC3)cc2)CC1. The normalized spacial score (nSPS) is 18.7. The average molecular weight is 394 g/mol. The van der Waals surface area contributed by atoms with Gasteiger partial charge in [0.05, 0.1) is 0 Å². The lowest BCUT2D eigenvalue weighted by Crippen LogP contribution is -2.49. The number of carbonyl (C=O) groups excluding carboxylic acids is 1. The van der Waals surface area contributed by atoms with Crippen molar-refractivity contribution in [3.63, 3.8) is 0 Å². The second kappa shape index (κ2) is 9.27. The molecule has 2 amide bonds. The molecule has 1 aromatic carbocycles. The highest BCUT2D eigenvalue weighted by atomic mass is 16.2. The van der Waals surface area contributed by atoms with Crippen LogP contribution in [0.3, 0.4) is 0 Å². The zero-order valence-electron chi connectivity index (χ0n) is 17.3. The van der Waals surface area contributed by atoms with Crippen molar-refractivity contribution < 1.29 is 4.79 Å². The molecule has 3 heterocycles. The summed E-state index contributed by atoms with van der Waals surface area (Å²) in [5.41, 5.74) is 3.38. The number of piperidine rings is 1. The summed E-state index contributed by atoms with van der Waals surface area (Å²) in [6, 6.07) is 12.4. The Morgan fingerprint density at radius 2 is 1.62 bits per heavy atom. The van der Waals surface area contributed by atoms with Crippen molar-refractivity contribution in [3.8, 4) is 0 Å². The number of nitrogens with zero attached hydrogens (tertiary/aromatic N) is 4. The van der Waals surface area contributed by atoms with Crippen molar-refractivity contribution in [2.45, 2.75) is 26.3 Å². The van der Waals surface area contributed by atoms with Gasteiger partial charge in [0.25, 0.3) is 0 Å². The molecule has 2 aliphatic heterocycles. The van der Waals surface area contributed by atoms with Gasteiger partial charge in [-0.1, -0.05) is 6.92 Å². The first-order valence-electron chi connectivity index (χ1n) is 10.7. The molecule has 2 aliphatic rings. The standard InChI is InChI=1S/C23H31N5O/c1-19-8-12-27(13-9-19)22-4-2-21(3-5-22)25-23(29)28-16-14-26(15-17-28)18-20-6-10-24-11-7-20/h2-7,10-11,19H,8-9,12-18H2,1H3,(H,25,29). The molecule has 0 unspecified atom stereocenters. The molecule has 2 fully saturated rings. The van der Waals surface area contributed by atoms with Crippen LogP contribution in [0.1, 0.15) is 25.3 Å². The van der Waals surface area contributed by atoms with Crippen LogP contribution in [0.5, 0.6) is 0 Å². The molecule has 6 nitrogen and oxygen atoms in total. The lowest BCUT2D eigenvalue weighted by molar-refractivity contribution is 0.143. The Balaban J connectivity index is 1.24. The van der Waals surface area contributed by atoms with Gasteiger partial charge in [-0.2, -0.15) is 0 Å². The van der Waals surface area contributed by atoms with Crippen LogP contribution >= 0.6 is 0 Å². The summed E-state index contributed by atoms with van der Waals surface area (Å²) in [5, 5.41) is 3.06. The van der Waals surface area contributed by atoms with Gasteiger partial charge in [-0.25, -0.2) is 4.79 Å². The minimum Gasteiger partial charge on any atom is -0.372 e. The van der Waals surface area contributed by atoms with Crippen molar-refractivity contribution in [1.29, 1.82) is 0 Å². The zero-order valence-corrected chi connectivity index (χ0v) is 17.3. The highest BCUT2D eigenvalue weighted by Gasteiger charge is 2.21. The quantitative estimate of drug-likeness (QED) is 0.861. The maximum absolute atomic E-state index is 12.6. The van der Waals surface area contributed by atoms with Crippen LogP contribution < -0.4 is 10.2 Å². The number of amides is 2. The van der Waals surface area contributed by atoms with Gasteiger partial charge in [0.1, 0.15) is 0 Å². The van der Waals surface area contributed by atoms with Crippen LogP contribution in [0.25, 0.3) is 0 Å². The number of anilines is 2. The minimum absolute atomic E-state index is 0.00638. The number of carbonyl (C=O) groups is 1. The van der Waals surface area contributed by atoms with Crippen LogP contribution in [0, 0.1) is 5.92 Å². The van der Waals surface area contributed by atoms with Gasteiger partial charge in [0, 0.05) is 69.6 Å². The molecule has 154 valence electrons. The topological polar surface area (TPSA) is 51.7 Å². The summed E-state index contributed by atoms with van der Waals surface area (Å²) < 4.78 is 0. The Morgan fingerprint density at radius 1 is 0.966 bits per heavy atom. The van der Waals surface area contributed by atoms with Crippen molar-refractivity contribution >= 4 is 17.4 Å². The third-order valence-electron chi connectivity index (χ3n) is 6.08. The third kappa shape index (κ3) is 5.26. The van der Waals surface area contributed by atoms with Gasteiger partial charge in [-0.05, 0) is 60.7 Å². The third-order valence-corrected chi connectivity index (χ3v) is 6.08. The van der Waals surface area contributed by atoms with E-state index in [1.807, 2.05) is 41.6 Å². The van der Waals surface area contributed by atoms with E-state index in [0.29, 0.717) is 0 Å². The van der Waals surface area contributed by atoms with E-state index in [9.17, 15) is 4.79 Å². The number of rotatable bonds is 4. The van der Waals surface area contributed by atoms with Gasteiger partial charge in [0.15, 0.2) is 0 Å². The van der Waals surface area contributed by atoms with E-state index < -0.39 is 0 Å². The lowest BCUT2D eigenvalue weighted by Gasteiger charge is -2.34. The van der Waals surface area contributed by atoms with E-state index in [4.69, 9.17) is 0 Å². The van der Waals surface area contributed by atoms with Crippen molar-refractivity contribution in [3.05, 3.63) is 54.4 Å². The molecule has 4 rings (SSSR count). The van der Waals surface area contributed by atoms with Gasteiger partial charge in [-0.15, -0.1) is 0 Å². The number of hydrogen-bond donors (Lipinski definition) is 1. The van der Waals surface area contributed by atoms with Gasteiger partial charge in [-0.3, -0.25) is 9.88 Å². The van der Waals surface area contributed by atoms with Crippen LogP contribution in [0.15, 0.2) is 48.8 Å². The van der Waals surface area contributed by atoms with E-state index in [1.54, 1.807) is 0 Å². The zero-order chi connectivity index (χ0) is 20.1. The fraction of sp³-hybridized carbons (Fsp3) is 0.478. The van der Waals surface area contributed by atoms with E-state index in [2.05, 4.69) is 39.2 Å². The molecule has 1 aromatic heterocycles. The van der Waals surface area contributed by atoms with Gasteiger partial charge < -0.3 is 15.1 Å². The van der Waals surface area contributed by atoms with E-state index in [-0.39, 0.29) is 6.03 Å². The Hall–Kier alpha value is -2.60. The van der Waals surface area contributed by atoms with E-state index in [0.717, 1.165) is 57.4 Å². The van der Waals surface area contributed by atoms with Crippen LogP contribution in [0.2, 0.25) is 0 Å². The Morgan fingerprint density at radius 3 is 2.28 bits per heavy atom. The highest BCUT2D eigenvalue weighted by Crippen LogP contribution is 2.24. The Bertz CT molecular complexity index is 779. The van der Waals surface area contributed by atoms with Crippen molar-refractivity contribution in [2.24, 2.45) is 5.92 Å². The molecule has 2 saturated heterocycles. The number of urea groups is 1. The average Bonchev–Trinajstić information content (AvgIpc) is 2.76. The van der Waals surface area contributed by atoms with Gasteiger partial charge >= 0.3 is 6.03 Å². The Labute approximate surface area is 173 Å². The predicted molar refractivity (Wildman–Crippen MR) is 117 cm³/mol. The molecular weight excluding hydrogens is 362 g/mol. The second-order valence-corrected chi connectivity index (χ2v) is 8.27. The smallest absolute Gasteiger partial charge is 0.321 e. The van der Waals surface area contributed by atoms with E-state index in [1.165, 1.54) is 24.1 Å². The number of piperazine rings is 1. The number of nitrogens with one attached hydrogen (secondary N) is 1. The molecule has 0 saturated carbocycles.